The topological polar surface area (TPSA) is 103 Å². The zero-order chi connectivity index (χ0) is 22.1. The van der Waals surface area contributed by atoms with E-state index < -0.39 is 5.91 Å². The van der Waals surface area contributed by atoms with Crippen molar-refractivity contribution in [2.45, 2.75) is 19.4 Å². The van der Waals surface area contributed by atoms with Crippen LogP contribution in [-0.2, 0) is 4.79 Å². The normalized spacial score (nSPS) is 14.7. The van der Waals surface area contributed by atoms with E-state index in [1.54, 1.807) is 12.1 Å². The first-order valence-corrected chi connectivity index (χ1v) is 10.4. The van der Waals surface area contributed by atoms with Gasteiger partial charge < -0.3 is 20.2 Å². The maximum Gasteiger partial charge on any atom is 0.296 e. The number of carbonyl (C=O) groups excluding carboxylic acids is 1. The number of hydrogen-bond donors (Lipinski definition) is 2. The van der Waals surface area contributed by atoms with E-state index in [0.29, 0.717) is 36.1 Å². The third kappa shape index (κ3) is 4.05. The van der Waals surface area contributed by atoms with Crippen LogP contribution >= 0.6 is 0 Å². The average Bonchev–Trinajstić information content (AvgIpc) is 3.20. The summed E-state index contributed by atoms with van der Waals surface area (Å²) >= 11 is 0. The summed E-state index contributed by atoms with van der Waals surface area (Å²) in [6.07, 6.45) is 2.18. The second kappa shape index (κ2) is 8.19. The highest BCUT2D eigenvalue weighted by Gasteiger charge is 2.15. The third-order valence-corrected chi connectivity index (χ3v) is 5.41. The fourth-order valence-corrected chi connectivity index (χ4v) is 3.71. The first-order valence-electron chi connectivity index (χ1n) is 10.4. The van der Waals surface area contributed by atoms with E-state index in [9.17, 15) is 4.79 Å². The molecule has 0 aliphatic carbocycles. The van der Waals surface area contributed by atoms with Gasteiger partial charge in [0, 0.05) is 25.1 Å². The number of aromatic nitrogens is 1. The van der Waals surface area contributed by atoms with Crippen molar-refractivity contribution in [3.8, 4) is 5.75 Å². The minimum absolute atomic E-state index is 0.0160. The van der Waals surface area contributed by atoms with Gasteiger partial charge in [-0.3, -0.25) is 9.79 Å². The average molecular weight is 426 g/mol. The van der Waals surface area contributed by atoms with Gasteiger partial charge in [-0.15, -0.1) is 0 Å². The lowest BCUT2D eigenvalue weighted by molar-refractivity contribution is -0.111. The minimum atomic E-state index is -0.562. The molecule has 7 heteroatoms. The number of carbonyl (C=O) groups is 1. The molecule has 3 N–H and O–H groups in total. The molecular formula is C25H22N4O3. The van der Waals surface area contributed by atoms with E-state index in [1.165, 1.54) is 10.8 Å². The van der Waals surface area contributed by atoms with Crippen LogP contribution in [0.4, 0.5) is 6.01 Å². The van der Waals surface area contributed by atoms with E-state index in [1.807, 2.05) is 24.3 Å². The Bertz CT molecular complexity index is 1390. The van der Waals surface area contributed by atoms with Gasteiger partial charge in [-0.25, -0.2) is 0 Å². The summed E-state index contributed by atoms with van der Waals surface area (Å²) in [7, 11) is 0. The van der Waals surface area contributed by atoms with Gasteiger partial charge >= 0.3 is 0 Å². The van der Waals surface area contributed by atoms with Crippen molar-refractivity contribution in [1.82, 2.24) is 4.98 Å². The number of anilines is 1. The van der Waals surface area contributed by atoms with Crippen LogP contribution in [0.15, 0.2) is 81.9 Å². The molecule has 3 aromatic carbocycles. The Hall–Kier alpha value is -4.13. The monoisotopic (exact) mass is 426 g/mol. The summed E-state index contributed by atoms with van der Waals surface area (Å²) < 4.78 is 11.8. The van der Waals surface area contributed by atoms with Crippen LogP contribution < -0.4 is 15.8 Å². The fraction of sp³-hybridized carbons (Fsp3) is 0.160. The van der Waals surface area contributed by atoms with Crippen molar-refractivity contribution < 1.29 is 13.9 Å². The zero-order valence-corrected chi connectivity index (χ0v) is 17.5. The van der Waals surface area contributed by atoms with Crippen LogP contribution in [-0.4, -0.2) is 23.1 Å². The van der Waals surface area contributed by atoms with Crippen LogP contribution in [0.1, 0.15) is 24.9 Å². The molecule has 0 saturated carbocycles. The molecule has 0 fully saturated rings. The lowest BCUT2D eigenvalue weighted by Gasteiger charge is -2.13. The highest BCUT2D eigenvalue weighted by Crippen LogP contribution is 2.28. The molecule has 0 bridgehead atoms. The number of rotatable bonds is 6. The molecule has 1 amide bonds. The van der Waals surface area contributed by atoms with E-state index in [2.05, 4.69) is 52.5 Å². The number of aliphatic imine (C=N–C) groups is 1. The molecule has 0 spiro atoms. The molecule has 5 rings (SSSR count). The Morgan fingerprint density at radius 1 is 1.12 bits per heavy atom. The molecule has 0 radical (unpaired) electrons. The van der Waals surface area contributed by atoms with Crippen LogP contribution in [0.3, 0.4) is 0 Å². The number of nitrogens with two attached hydrogens (primary N) is 1. The van der Waals surface area contributed by atoms with Gasteiger partial charge in [0.2, 0.25) is 0 Å². The van der Waals surface area contributed by atoms with E-state index in [4.69, 9.17) is 14.9 Å². The molecule has 1 aliphatic heterocycles. The highest BCUT2D eigenvalue weighted by atomic mass is 16.5. The maximum absolute atomic E-state index is 11.3. The number of amides is 1. The molecule has 0 saturated heterocycles. The number of nitrogens with one attached hydrogen (secondary N) is 1. The number of ether oxygens (including phenoxy) is 1. The molecule has 1 unspecified atom stereocenters. The van der Waals surface area contributed by atoms with E-state index in [0.717, 1.165) is 11.1 Å². The summed E-state index contributed by atoms with van der Waals surface area (Å²) in [4.78, 5) is 20.0. The van der Waals surface area contributed by atoms with E-state index >= 15 is 0 Å². The molecule has 2 heterocycles. The number of nitrogens with zero attached hydrogens (tertiary/aromatic N) is 2. The Labute approximate surface area is 184 Å². The number of fused-ring (bicyclic) bond motifs is 2. The van der Waals surface area contributed by atoms with Crippen molar-refractivity contribution in [3.63, 3.8) is 0 Å². The van der Waals surface area contributed by atoms with Crippen LogP contribution in [0.25, 0.3) is 21.9 Å². The number of dihydropyridines is 1. The Balaban J connectivity index is 1.33. The quantitative estimate of drug-likeness (QED) is 0.463. The third-order valence-electron chi connectivity index (χ3n) is 5.41. The SMILES string of the molecule is CC(Nc1nc2ccc(OC3=CC(C(N)=O)=NCC3)cc2o1)c1ccc2ccccc2c1. The van der Waals surface area contributed by atoms with Gasteiger partial charge in [-0.05, 0) is 41.5 Å². The second-order valence-corrected chi connectivity index (χ2v) is 7.72. The molecule has 4 aromatic rings. The van der Waals surface area contributed by atoms with Crippen LogP contribution in [0.5, 0.6) is 5.75 Å². The standard InChI is InChI=1S/C25H22N4O3/c1-15(17-7-6-16-4-2-3-5-18(16)12-17)28-25-29-21-9-8-19(14-23(21)32-25)31-20-10-11-27-22(13-20)24(26)30/h2-9,12-15H,10-11H2,1H3,(H2,26,30)(H,28,29). The smallest absolute Gasteiger partial charge is 0.296 e. The van der Waals surface area contributed by atoms with Crippen molar-refractivity contribution in [1.29, 1.82) is 0 Å². The summed E-state index contributed by atoms with van der Waals surface area (Å²) in [5.74, 6) is 0.670. The predicted molar refractivity (Wildman–Crippen MR) is 125 cm³/mol. The Kier molecular flexibility index (Phi) is 5.07. The summed E-state index contributed by atoms with van der Waals surface area (Å²) in [6.45, 7) is 2.54. The Morgan fingerprint density at radius 2 is 1.97 bits per heavy atom. The summed E-state index contributed by atoms with van der Waals surface area (Å²) in [6, 6.07) is 20.6. The number of benzene rings is 3. The van der Waals surface area contributed by atoms with Gasteiger partial charge in [0.15, 0.2) is 5.58 Å². The zero-order valence-electron chi connectivity index (χ0n) is 17.5. The summed E-state index contributed by atoms with van der Waals surface area (Å²) in [5, 5.41) is 5.74. The van der Waals surface area contributed by atoms with Gasteiger partial charge in [0.1, 0.15) is 22.7 Å². The molecule has 1 aliphatic rings. The number of oxazole rings is 1. The lowest BCUT2D eigenvalue weighted by Crippen LogP contribution is -2.24. The highest BCUT2D eigenvalue weighted by molar-refractivity contribution is 6.43. The molecule has 1 aromatic heterocycles. The predicted octanol–water partition coefficient (Wildman–Crippen LogP) is 4.75. The summed E-state index contributed by atoms with van der Waals surface area (Å²) in [5.41, 5.74) is 8.01. The van der Waals surface area contributed by atoms with Crippen molar-refractivity contribution >= 4 is 39.5 Å². The molecular weight excluding hydrogens is 404 g/mol. The van der Waals surface area contributed by atoms with Gasteiger partial charge in [-0.1, -0.05) is 36.4 Å². The Morgan fingerprint density at radius 3 is 2.81 bits per heavy atom. The lowest BCUT2D eigenvalue weighted by atomic mass is 10.0. The van der Waals surface area contributed by atoms with Gasteiger partial charge in [0.25, 0.3) is 11.9 Å². The van der Waals surface area contributed by atoms with E-state index in [-0.39, 0.29) is 11.8 Å². The molecule has 7 nitrogen and oxygen atoms in total. The first-order chi connectivity index (χ1) is 15.5. The van der Waals surface area contributed by atoms with Gasteiger partial charge in [0.05, 0.1) is 6.04 Å². The van der Waals surface area contributed by atoms with Gasteiger partial charge in [-0.2, -0.15) is 4.98 Å². The molecule has 1 atom stereocenters. The fourth-order valence-electron chi connectivity index (χ4n) is 3.71. The maximum atomic E-state index is 11.3. The van der Waals surface area contributed by atoms with Crippen LogP contribution in [0.2, 0.25) is 0 Å². The second-order valence-electron chi connectivity index (χ2n) is 7.72. The first kappa shape index (κ1) is 19.8. The van der Waals surface area contributed by atoms with Crippen molar-refractivity contribution in [3.05, 3.63) is 78.1 Å². The largest absolute Gasteiger partial charge is 0.461 e. The molecule has 160 valence electrons. The number of primary amides is 1. The number of hydrogen-bond acceptors (Lipinski definition) is 6. The van der Waals surface area contributed by atoms with Crippen molar-refractivity contribution in [2.75, 3.05) is 11.9 Å². The molecule has 32 heavy (non-hydrogen) atoms. The minimum Gasteiger partial charge on any atom is -0.461 e. The van der Waals surface area contributed by atoms with Crippen molar-refractivity contribution in [2.24, 2.45) is 10.7 Å². The van der Waals surface area contributed by atoms with Crippen LogP contribution in [0, 0.1) is 0 Å².